The zero-order valence-corrected chi connectivity index (χ0v) is 19.0. The lowest BCUT2D eigenvalue weighted by atomic mass is 9.85. The molecule has 8 nitrogen and oxygen atoms in total. The van der Waals surface area contributed by atoms with Gasteiger partial charge in [-0.1, -0.05) is 6.92 Å². The summed E-state index contributed by atoms with van der Waals surface area (Å²) in [6.07, 6.45) is 2.26. The minimum absolute atomic E-state index is 0.00266. The van der Waals surface area contributed by atoms with Crippen molar-refractivity contribution < 1.29 is 30.4 Å². The molecule has 186 valence electrons. The van der Waals surface area contributed by atoms with Gasteiger partial charge in [-0.25, -0.2) is 40.1 Å². The minimum atomic E-state index is -3.69. The van der Waals surface area contributed by atoms with Crippen LogP contribution in [0.4, 0.5) is 27.6 Å². The number of alkyl halides is 4. The van der Waals surface area contributed by atoms with Crippen molar-refractivity contribution in [2.45, 2.75) is 19.3 Å². The van der Waals surface area contributed by atoms with E-state index in [0.717, 1.165) is 18.5 Å². The zero-order valence-electron chi connectivity index (χ0n) is 18.2. The number of hydrogen-bond acceptors (Lipinski definition) is 6. The van der Waals surface area contributed by atoms with Gasteiger partial charge in [-0.3, -0.25) is 10.4 Å². The number of nitrogens with zero attached hydrogens (tertiary/aromatic N) is 3. The highest BCUT2D eigenvalue weighted by Crippen LogP contribution is 2.40. The van der Waals surface area contributed by atoms with Crippen LogP contribution in [0.5, 0.6) is 0 Å². The molecular formula is C20H23F5N6O2S. The van der Waals surface area contributed by atoms with Crippen LogP contribution in [0.3, 0.4) is 0 Å². The number of imidazole rings is 1. The van der Waals surface area contributed by atoms with Gasteiger partial charge in [0.1, 0.15) is 5.82 Å². The first-order valence-corrected chi connectivity index (χ1v) is 12.0. The Labute approximate surface area is 192 Å². The summed E-state index contributed by atoms with van der Waals surface area (Å²) in [6.45, 7) is 0.336. The standard InChI is InChI=1S/C20H23F5N6O2S/c1-11-9-31(10-12(20(11,24)25)6-29-34(2,32)33)17-5-15(27-7-13(17)21)16-8-28-18(30-16)4-3-14(26)19(22)23/h3-5,7-8,11-12,19,26,29H,6,9-10H2,1-2H3,(H,28,30)/b4-3-,26-14?/t11-,12+/m0/s1. The number of sulfonamides is 1. The van der Waals surface area contributed by atoms with Gasteiger partial charge in [0.05, 0.1) is 47.4 Å². The van der Waals surface area contributed by atoms with Crippen molar-refractivity contribution in [3.8, 4) is 11.4 Å². The Kier molecular flexibility index (Phi) is 7.41. The van der Waals surface area contributed by atoms with E-state index in [9.17, 15) is 30.4 Å². The van der Waals surface area contributed by atoms with E-state index in [1.165, 1.54) is 30.2 Å². The van der Waals surface area contributed by atoms with Gasteiger partial charge in [0.15, 0.2) is 5.82 Å². The number of allylic oxidation sites excluding steroid dienone is 1. The number of piperidine rings is 1. The van der Waals surface area contributed by atoms with Crippen molar-refractivity contribution in [1.29, 1.82) is 5.41 Å². The molecule has 2 atom stereocenters. The first-order valence-electron chi connectivity index (χ1n) is 10.1. The van der Waals surface area contributed by atoms with Crippen LogP contribution in [0, 0.1) is 23.1 Å². The van der Waals surface area contributed by atoms with Crippen LogP contribution in [0.25, 0.3) is 17.5 Å². The molecule has 1 aliphatic heterocycles. The molecule has 0 bridgehead atoms. The number of H-pyrrole nitrogens is 1. The van der Waals surface area contributed by atoms with E-state index in [1.807, 2.05) is 0 Å². The lowest BCUT2D eigenvalue weighted by Crippen LogP contribution is -2.56. The fourth-order valence-corrected chi connectivity index (χ4v) is 4.08. The summed E-state index contributed by atoms with van der Waals surface area (Å²) < 4.78 is 93.8. The van der Waals surface area contributed by atoms with Crippen molar-refractivity contribution >= 4 is 27.5 Å². The van der Waals surface area contributed by atoms with Gasteiger partial charge in [0, 0.05) is 25.6 Å². The monoisotopic (exact) mass is 506 g/mol. The summed E-state index contributed by atoms with van der Waals surface area (Å²) in [7, 11) is -3.69. The molecule has 0 aromatic carbocycles. The van der Waals surface area contributed by atoms with Crippen LogP contribution < -0.4 is 9.62 Å². The normalized spacial score (nSPS) is 20.9. The number of aromatic amines is 1. The molecule has 2 aromatic rings. The van der Waals surface area contributed by atoms with Gasteiger partial charge in [-0.05, 0) is 18.2 Å². The van der Waals surface area contributed by atoms with E-state index >= 15 is 0 Å². The average Bonchev–Trinajstić information content (AvgIpc) is 3.21. The number of hydrogen-bond donors (Lipinski definition) is 3. The van der Waals surface area contributed by atoms with Gasteiger partial charge in [0.2, 0.25) is 10.0 Å². The smallest absolute Gasteiger partial charge is 0.279 e. The van der Waals surface area contributed by atoms with Gasteiger partial charge in [-0.2, -0.15) is 0 Å². The van der Waals surface area contributed by atoms with Crippen molar-refractivity contribution in [2.24, 2.45) is 11.8 Å². The number of anilines is 1. The number of aromatic nitrogens is 3. The van der Waals surface area contributed by atoms with Crippen LogP contribution in [0.15, 0.2) is 24.5 Å². The fourth-order valence-electron chi connectivity index (χ4n) is 3.58. The lowest BCUT2D eigenvalue weighted by molar-refractivity contribution is -0.108. The molecule has 1 saturated heterocycles. The average molecular weight is 507 g/mol. The number of pyridine rings is 1. The maximum atomic E-state index is 14.7. The second kappa shape index (κ2) is 9.78. The first kappa shape index (κ1) is 25.7. The summed E-state index contributed by atoms with van der Waals surface area (Å²) in [4.78, 5) is 12.2. The molecule has 34 heavy (non-hydrogen) atoms. The molecule has 0 spiro atoms. The maximum Gasteiger partial charge on any atom is 0.279 e. The highest BCUT2D eigenvalue weighted by atomic mass is 32.2. The van der Waals surface area contributed by atoms with Crippen LogP contribution in [-0.2, 0) is 10.0 Å². The lowest BCUT2D eigenvalue weighted by Gasteiger charge is -2.43. The predicted molar refractivity (Wildman–Crippen MR) is 117 cm³/mol. The van der Waals surface area contributed by atoms with Gasteiger partial charge in [0.25, 0.3) is 12.3 Å². The molecule has 0 amide bonds. The molecule has 0 unspecified atom stereocenters. The first-order chi connectivity index (χ1) is 15.8. The van der Waals surface area contributed by atoms with E-state index in [0.29, 0.717) is 5.69 Å². The van der Waals surface area contributed by atoms with Gasteiger partial charge < -0.3 is 9.88 Å². The molecule has 3 N–H and O–H groups in total. The van der Waals surface area contributed by atoms with Crippen LogP contribution in [-0.4, -0.2) is 67.3 Å². The Hall–Kier alpha value is -2.87. The molecule has 0 saturated carbocycles. The molecular weight excluding hydrogens is 483 g/mol. The Morgan fingerprint density at radius 3 is 2.71 bits per heavy atom. The van der Waals surface area contributed by atoms with Crippen LogP contribution >= 0.6 is 0 Å². The number of nitrogens with one attached hydrogen (secondary N) is 3. The highest BCUT2D eigenvalue weighted by molar-refractivity contribution is 7.88. The summed E-state index contributed by atoms with van der Waals surface area (Å²) in [6, 6.07) is 1.34. The van der Waals surface area contributed by atoms with Crippen molar-refractivity contribution in [1.82, 2.24) is 19.7 Å². The number of halogens is 5. The molecule has 0 radical (unpaired) electrons. The molecule has 0 aliphatic carbocycles. The Balaban J connectivity index is 1.85. The second-order valence-corrected chi connectivity index (χ2v) is 9.92. The molecule has 1 fully saturated rings. The van der Waals surface area contributed by atoms with Crippen molar-refractivity contribution in [3.63, 3.8) is 0 Å². The Morgan fingerprint density at radius 2 is 2.06 bits per heavy atom. The van der Waals surface area contributed by atoms with E-state index in [-0.39, 0.29) is 30.3 Å². The second-order valence-electron chi connectivity index (χ2n) is 8.09. The Morgan fingerprint density at radius 1 is 1.35 bits per heavy atom. The predicted octanol–water partition coefficient (Wildman–Crippen LogP) is 3.17. The Bertz CT molecular complexity index is 1180. The molecule has 1 aliphatic rings. The quantitative estimate of drug-likeness (QED) is 0.376. The van der Waals surface area contributed by atoms with Crippen LogP contribution in [0.2, 0.25) is 0 Å². The summed E-state index contributed by atoms with van der Waals surface area (Å²) in [5, 5.41) is 7.12. The third-order valence-corrected chi connectivity index (χ3v) is 6.12. The largest absolute Gasteiger partial charge is 0.368 e. The van der Waals surface area contributed by atoms with E-state index in [2.05, 4.69) is 19.7 Å². The van der Waals surface area contributed by atoms with E-state index in [1.54, 1.807) is 0 Å². The zero-order chi connectivity index (χ0) is 25.3. The maximum absolute atomic E-state index is 14.7. The molecule has 3 heterocycles. The third kappa shape index (κ3) is 5.97. The molecule has 14 heteroatoms. The third-order valence-electron chi connectivity index (χ3n) is 5.43. The molecule has 2 aromatic heterocycles. The highest BCUT2D eigenvalue weighted by Gasteiger charge is 2.49. The summed E-state index contributed by atoms with van der Waals surface area (Å²) in [5.41, 5.74) is -0.350. The van der Waals surface area contributed by atoms with Crippen LogP contribution in [0.1, 0.15) is 12.7 Å². The summed E-state index contributed by atoms with van der Waals surface area (Å²) >= 11 is 0. The minimum Gasteiger partial charge on any atom is -0.368 e. The number of rotatable bonds is 8. The summed E-state index contributed by atoms with van der Waals surface area (Å²) in [5.74, 6) is -6.34. The van der Waals surface area contributed by atoms with Gasteiger partial charge in [-0.15, -0.1) is 0 Å². The van der Waals surface area contributed by atoms with Crippen molar-refractivity contribution in [3.05, 3.63) is 36.2 Å². The molecule has 3 rings (SSSR count). The fraction of sp³-hybridized carbons (Fsp3) is 0.450. The van der Waals surface area contributed by atoms with E-state index in [4.69, 9.17) is 5.41 Å². The SMILES string of the molecule is C[C@H]1CN(c2cc(-c3cnc(/C=C\C(=N)C(F)F)[nH]3)ncc2F)C[C@@H](CNS(C)(=O)=O)C1(F)F. The van der Waals surface area contributed by atoms with Gasteiger partial charge >= 0.3 is 0 Å². The topological polar surface area (TPSA) is 115 Å². The van der Waals surface area contributed by atoms with E-state index < -0.39 is 52.3 Å². The van der Waals surface area contributed by atoms with Crippen molar-refractivity contribution in [2.75, 3.05) is 30.8 Å².